The Morgan fingerprint density at radius 2 is 1.82 bits per heavy atom. The van der Waals surface area contributed by atoms with Crippen molar-refractivity contribution >= 4 is 16.9 Å². The molecule has 4 heteroatoms. The molecule has 28 heavy (non-hydrogen) atoms. The third-order valence-electron chi connectivity index (χ3n) is 5.48. The van der Waals surface area contributed by atoms with Crippen LogP contribution < -0.4 is 4.57 Å². The van der Waals surface area contributed by atoms with Crippen LogP contribution in [0.3, 0.4) is 0 Å². The van der Waals surface area contributed by atoms with E-state index >= 15 is 0 Å². The largest absolute Gasteiger partial charge is 0.454 e. The van der Waals surface area contributed by atoms with Gasteiger partial charge in [-0.3, -0.25) is 0 Å². The van der Waals surface area contributed by atoms with Crippen molar-refractivity contribution < 1.29 is 14.1 Å². The van der Waals surface area contributed by atoms with Gasteiger partial charge < -0.3 is 9.72 Å². The molecule has 0 spiro atoms. The number of para-hydroxylation sites is 1. The lowest BCUT2D eigenvalue weighted by molar-refractivity contribution is -0.688. The Kier molecular flexibility index (Phi) is 3.97. The van der Waals surface area contributed by atoms with Gasteiger partial charge in [-0.25, -0.2) is 4.79 Å². The smallest absolute Gasteiger partial charge is 0.338 e. The maximum atomic E-state index is 12.3. The number of nitrogens with zero attached hydrogens (tertiary/aromatic N) is 1. The van der Waals surface area contributed by atoms with Crippen molar-refractivity contribution in [2.24, 2.45) is 0 Å². The normalized spacial score (nSPS) is 13.6. The minimum absolute atomic E-state index is 0.297. The zero-order valence-corrected chi connectivity index (χ0v) is 15.7. The number of nitrogens with one attached hydrogen (secondary N) is 1. The van der Waals surface area contributed by atoms with Crippen LogP contribution in [0.2, 0.25) is 0 Å². The third kappa shape index (κ3) is 2.78. The van der Waals surface area contributed by atoms with Gasteiger partial charge in [-0.2, -0.15) is 4.57 Å². The fourth-order valence-corrected chi connectivity index (χ4v) is 4.00. The highest BCUT2D eigenvalue weighted by Gasteiger charge is 2.27. The standard InChI is InChI=1S/C24H20N2O2/c1-16(28-24(27)17-7-3-2-4-8-17)18-11-12-22-23-20(13-14-26(22)15-18)19-9-5-6-10-21(19)25-23/h2-12,15-16H,13-14H2,1H3/p+1. The van der Waals surface area contributed by atoms with E-state index in [4.69, 9.17) is 4.74 Å². The number of ether oxygens (including phenoxy) is 1. The SMILES string of the molecule is CC(OC(=O)c1ccccc1)c1ccc2[n+](c1)CCc1c-2[nH]c2ccccc12. The van der Waals surface area contributed by atoms with E-state index < -0.39 is 0 Å². The van der Waals surface area contributed by atoms with Gasteiger partial charge in [0, 0.05) is 23.4 Å². The summed E-state index contributed by atoms with van der Waals surface area (Å²) in [7, 11) is 0. The number of H-pyrrole nitrogens is 1. The van der Waals surface area contributed by atoms with Gasteiger partial charge >= 0.3 is 5.97 Å². The third-order valence-corrected chi connectivity index (χ3v) is 5.48. The first kappa shape index (κ1) is 16.8. The Bertz CT molecular complexity index is 1180. The summed E-state index contributed by atoms with van der Waals surface area (Å²) in [6.45, 7) is 2.83. The lowest BCUT2D eigenvalue weighted by Crippen LogP contribution is -2.40. The van der Waals surface area contributed by atoms with Crippen molar-refractivity contribution in [2.45, 2.75) is 26.0 Å². The lowest BCUT2D eigenvalue weighted by atomic mass is 10.0. The maximum absolute atomic E-state index is 12.3. The number of rotatable bonds is 3. The number of benzene rings is 2. The number of aromatic nitrogens is 2. The van der Waals surface area contributed by atoms with Gasteiger partial charge in [-0.05, 0) is 36.8 Å². The van der Waals surface area contributed by atoms with Crippen LogP contribution in [0, 0.1) is 0 Å². The van der Waals surface area contributed by atoms with Crippen LogP contribution in [0.15, 0.2) is 72.9 Å². The predicted molar refractivity (Wildman–Crippen MR) is 108 cm³/mol. The van der Waals surface area contributed by atoms with E-state index in [1.165, 1.54) is 27.9 Å². The van der Waals surface area contributed by atoms with Crippen LogP contribution in [-0.4, -0.2) is 11.0 Å². The molecule has 3 heterocycles. The Morgan fingerprint density at radius 3 is 2.68 bits per heavy atom. The van der Waals surface area contributed by atoms with Gasteiger partial charge in [-0.1, -0.05) is 36.4 Å². The summed E-state index contributed by atoms with van der Waals surface area (Å²) >= 11 is 0. The van der Waals surface area contributed by atoms with E-state index in [9.17, 15) is 4.79 Å². The van der Waals surface area contributed by atoms with Crippen molar-refractivity contribution in [3.63, 3.8) is 0 Å². The van der Waals surface area contributed by atoms with E-state index in [0.29, 0.717) is 5.56 Å². The van der Waals surface area contributed by atoms with Gasteiger partial charge in [0.1, 0.15) is 11.8 Å². The number of pyridine rings is 1. The first-order valence-corrected chi connectivity index (χ1v) is 9.60. The van der Waals surface area contributed by atoms with Crippen LogP contribution in [0.4, 0.5) is 0 Å². The first-order valence-electron chi connectivity index (χ1n) is 9.60. The average Bonchev–Trinajstić information content (AvgIpc) is 3.13. The van der Waals surface area contributed by atoms with Crippen LogP contribution in [-0.2, 0) is 17.7 Å². The molecule has 138 valence electrons. The van der Waals surface area contributed by atoms with Crippen molar-refractivity contribution in [3.8, 4) is 11.4 Å². The van der Waals surface area contributed by atoms with Gasteiger partial charge in [-0.15, -0.1) is 0 Å². The number of carbonyl (C=O) groups excluding carboxylic acids is 1. The van der Waals surface area contributed by atoms with E-state index in [2.05, 4.69) is 52.1 Å². The summed E-state index contributed by atoms with van der Waals surface area (Å²) in [6.07, 6.45) is 2.78. The quantitative estimate of drug-likeness (QED) is 0.424. The molecule has 0 saturated heterocycles. The molecule has 1 N–H and O–H groups in total. The molecule has 2 aromatic carbocycles. The Morgan fingerprint density at radius 1 is 1.04 bits per heavy atom. The predicted octanol–water partition coefficient (Wildman–Crippen LogP) is 4.60. The number of hydrogen-bond acceptors (Lipinski definition) is 2. The van der Waals surface area contributed by atoms with E-state index in [0.717, 1.165) is 18.5 Å². The zero-order valence-electron chi connectivity index (χ0n) is 15.7. The van der Waals surface area contributed by atoms with Crippen molar-refractivity contribution in [1.82, 2.24) is 4.98 Å². The summed E-state index contributed by atoms with van der Waals surface area (Å²) in [5.74, 6) is -0.297. The van der Waals surface area contributed by atoms with Crippen LogP contribution >= 0.6 is 0 Å². The molecule has 0 saturated carbocycles. The molecule has 5 rings (SSSR count). The average molecular weight is 369 g/mol. The highest BCUT2D eigenvalue weighted by molar-refractivity contribution is 5.90. The summed E-state index contributed by atoms with van der Waals surface area (Å²) in [6, 6.07) is 21.7. The van der Waals surface area contributed by atoms with Crippen molar-refractivity contribution in [2.75, 3.05) is 0 Å². The van der Waals surface area contributed by atoms with Crippen LogP contribution in [0.5, 0.6) is 0 Å². The second kappa shape index (κ2) is 6.64. The number of carbonyl (C=O) groups is 1. The second-order valence-electron chi connectivity index (χ2n) is 7.23. The summed E-state index contributed by atoms with van der Waals surface area (Å²) < 4.78 is 7.92. The molecule has 4 nitrogen and oxygen atoms in total. The molecule has 0 radical (unpaired) electrons. The molecule has 4 aromatic rings. The molecule has 1 atom stereocenters. The number of aryl methyl sites for hydroxylation is 2. The fraction of sp³-hybridized carbons (Fsp3) is 0.167. The molecular weight excluding hydrogens is 348 g/mol. The molecule has 0 fully saturated rings. The highest BCUT2D eigenvalue weighted by Crippen LogP contribution is 2.32. The Labute approximate surface area is 163 Å². The molecule has 0 aliphatic carbocycles. The number of fused-ring (bicyclic) bond motifs is 5. The lowest BCUT2D eigenvalue weighted by Gasteiger charge is -2.16. The van der Waals surface area contributed by atoms with Gasteiger partial charge in [0.2, 0.25) is 5.69 Å². The molecular formula is C24H21N2O2+. The second-order valence-corrected chi connectivity index (χ2v) is 7.23. The van der Waals surface area contributed by atoms with Gasteiger partial charge in [0.25, 0.3) is 0 Å². The minimum atomic E-state index is -0.311. The number of aromatic amines is 1. The Hall–Kier alpha value is -3.40. The molecule has 0 bridgehead atoms. The van der Waals surface area contributed by atoms with E-state index in [1.807, 2.05) is 25.1 Å². The highest BCUT2D eigenvalue weighted by atomic mass is 16.5. The van der Waals surface area contributed by atoms with Crippen molar-refractivity contribution in [1.29, 1.82) is 0 Å². The minimum Gasteiger partial charge on any atom is -0.454 e. The topological polar surface area (TPSA) is 46.0 Å². The van der Waals surface area contributed by atoms with E-state index in [1.54, 1.807) is 12.1 Å². The molecule has 1 aliphatic rings. The monoisotopic (exact) mass is 369 g/mol. The van der Waals surface area contributed by atoms with Crippen LogP contribution in [0.25, 0.3) is 22.3 Å². The molecule has 1 unspecified atom stereocenters. The molecule has 2 aromatic heterocycles. The van der Waals surface area contributed by atoms with Crippen LogP contribution in [0.1, 0.15) is 34.5 Å². The fourth-order valence-electron chi connectivity index (χ4n) is 4.00. The maximum Gasteiger partial charge on any atom is 0.338 e. The number of esters is 1. The molecule has 1 aliphatic heterocycles. The molecule has 0 amide bonds. The summed E-state index contributed by atoms with van der Waals surface area (Å²) in [4.78, 5) is 15.9. The van der Waals surface area contributed by atoms with Crippen molar-refractivity contribution in [3.05, 3.63) is 89.6 Å². The van der Waals surface area contributed by atoms with Gasteiger partial charge in [0.05, 0.1) is 11.1 Å². The Balaban J connectivity index is 1.44. The summed E-state index contributed by atoms with van der Waals surface area (Å²) in [5.41, 5.74) is 6.48. The first-order chi connectivity index (χ1) is 13.7. The van der Waals surface area contributed by atoms with E-state index in [-0.39, 0.29) is 12.1 Å². The zero-order chi connectivity index (χ0) is 19.1. The summed E-state index contributed by atoms with van der Waals surface area (Å²) in [5, 5.41) is 1.30. The number of hydrogen-bond donors (Lipinski definition) is 1. The van der Waals surface area contributed by atoms with Gasteiger partial charge in [0.15, 0.2) is 12.7 Å².